The van der Waals surface area contributed by atoms with Gasteiger partial charge in [0.1, 0.15) is 11.6 Å². The second-order valence-corrected chi connectivity index (χ2v) is 3.04. The molecule has 1 rings (SSSR count). The summed E-state index contributed by atoms with van der Waals surface area (Å²) in [5.74, 6) is -1.20. The van der Waals surface area contributed by atoms with Crippen LogP contribution in [0.3, 0.4) is 0 Å². The van der Waals surface area contributed by atoms with E-state index < -0.39 is 17.7 Å². The fourth-order valence-electron chi connectivity index (χ4n) is 1.15. The van der Waals surface area contributed by atoms with Gasteiger partial charge in [-0.05, 0) is 30.5 Å². The molecular weight excluding hydrogens is 174 g/mol. The Hall–Kier alpha value is -0.960. The molecule has 0 spiro atoms. The minimum atomic E-state index is -0.599. The van der Waals surface area contributed by atoms with Gasteiger partial charge in [0.15, 0.2) is 0 Å². The van der Waals surface area contributed by atoms with E-state index in [9.17, 15) is 13.9 Å². The molecule has 0 fully saturated rings. The summed E-state index contributed by atoms with van der Waals surface area (Å²) >= 11 is 0. The Bertz CT molecular complexity index is 266. The summed E-state index contributed by atoms with van der Waals surface area (Å²) in [5, 5.41) is 9.25. The maximum Gasteiger partial charge on any atom is 0.126 e. The number of benzene rings is 1. The highest BCUT2D eigenvalue weighted by Crippen LogP contribution is 2.10. The molecule has 1 atom stereocenters. The highest BCUT2D eigenvalue weighted by atomic mass is 19.1. The number of hydrogen-bond acceptors (Lipinski definition) is 1. The molecule has 0 bridgehead atoms. The fraction of sp³-hybridized carbons (Fsp3) is 0.400. The lowest BCUT2D eigenvalue weighted by Crippen LogP contribution is -2.08. The molecule has 0 saturated carbocycles. The van der Waals surface area contributed by atoms with E-state index in [2.05, 4.69) is 0 Å². The first kappa shape index (κ1) is 10.1. The minimum absolute atomic E-state index is 0.297. The van der Waals surface area contributed by atoms with Crippen molar-refractivity contribution in [3.63, 3.8) is 0 Å². The first-order valence-corrected chi connectivity index (χ1v) is 4.25. The van der Waals surface area contributed by atoms with Gasteiger partial charge in [-0.1, -0.05) is 6.92 Å². The van der Waals surface area contributed by atoms with Gasteiger partial charge < -0.3 is 5.11 Å². The van der Waals surface area contributed by atoms with Crippen LogP contribution in [0.1, 0.15) is 18.9 Å². The number of rotatable bonds is 3. The third kappa shape index (κ3) is 3.11. The fourth-order valence-corrected chi connectivity index (χ4v) is 1.15. The predicted octanol–water partition coefficient (Wildman–Crippen LogP) is 2.28. The molecule has 3 heteroatoms. The molecule has 0 heterocycles. The van der Waals surface area contributed by atoms with E-state index in [0.29, 0.717) is 18.4 Å². The van der Waals surface area contributed by atoms with E-state index in [0.717, 1.165) is 6.07 Å². The van der Waals surface area contributed by atoms with E-state index in [-0.39, 0.29) is 0 Å². The van der Waals surface area contributed by atoms with E-state index in [1.165, 1.54) is 12.1 Å². The van der Waals surface area contributed by atoms with Crippen LogP contribution in [0.15, 0.2) is 18.2 Å². The van der Waals surface area contributed by atoms with Gasteiger partial charge in [0, 0.05) is 6.07 Å². The Kier molecular flexibility index (Phi) is 3.37. The first-order chi connectivity index (χ1) is 6.11. The van der Waals surface area contributed by atoms with Crippen LogP contribution in [-0.4, -0.2) is 11.2 Å². The zero-order valence-electron chi connectivity index (χ0n) is 7.43. The Labute approximate surface area is 76.0 Å². The molecule has 13 heavy (non-hydrogen) atoms. The molecule has 0 aromatic heterocycles. The van der Waals surface area contributed by atoms with Crippen LogP contribution in [0, 0.1) is 11.6 Å². The summed E-state index contributed by atoms with van der Waals surface area (Å²) < 4.78 is 25.3. The predicted molar refractivity (Wildman–Crippen MR) is 46.4 cm³/mol. The molecule has 0 radical (unpaired) electrons. The van der Waals surface area contributed by atoms with E-state index in [4.69, 9.17) is 0 Å². The third-order valence-corrected chi connectivity index (χ3v) is 1.86. The largest absolute Gasteiger partial charge is 0.393 e. The second-order valence-electron chi connectivity index (χ2n) is 3.04. The molecular formula is C10H12F2O. The molecule has 0 amide bonds. The molecule has 0 aliphatic carbocycles. The monoisotopic (exact) mass is 186 g/mol. The van der Waals surface area contributed by atoms with Gasteiger partial charge in [0.25, 0.3) is 0 Å². The smallest absolute Gasteiger partial charge is 0.126 e. The van der Waals surface area contributed by atoms with Crippen LogP contribution < -0.4 is 0 Å². The Morgan fingerprint density at radius 2 is 1.77 bits per heavy atom. The van der Waals surface area contributed by atoms with Crippen LogP contribution in [-0.2, 0) is 6.42 Å². The van der Waals surface area contributed by atoms with Gasteiger partial charge in [-0.3, -0.25) is 0 Å². The third-order valence-electron chi connectivity index (χ3n) is 1.86. The van der Waals surface area contributed by atoms with Crippen molar-refractivity contribution in [2.45, 2.75) is 25.9 Å². The van der Waals surface area contributed by atoms with Gasteiger partial charge in [-0.15, -0.1) is 0 Å². The standard InChI is InChI=1S/C10H12F2O/c1-2-10(13)5-7-3-8(11)6-9(12)4-7/h3-4,6,10,13H,2,5H2,1H3/t10-/m0/s1. The first-order valence-electron chi connectivity index (χ1n) is 4.25. The molecule has 0 aliphatic heterocycles. The number of halogens is 2. The van der Waals surface area contributed by atoms with E-state index in [1.807, 2.05) is 6.92 Å². The van der Waals surface area contributed by atoms with Gasteiger partial charge in [0.2, 0.25) is 0 Å². The van der Waals surface area contributed by atoms with Gasteiger partial charge in [-0.2, -0.15) is 0 Å². The molecule has 1 nitrogen and oxygen atoms in total. The summed E-state index contributed by atoms with van der Waals surface area (Å²) in [6, 6.07) is 3.30. The lowest BCUT2D eigenvalue weighted by Gasteiger charge is -2.07. The van der Waals surface area contributed by atoms with Crippen LogP contribution in [0.5, 0.6) is 0 Å². The maximum absolute atomic E-state index is 12.7. The minimum Gasteiger partial charge on any atom is -0.393 e. The summed E-state index contributed by atoms with van der Waals surface area (Å²) in [4.78, 5) is 0. The number of aliphatic hydroxyl groups excluding tert-OH is 1. The van der Waals surface area contributed by atoms with Crippen molar-refractivity contribution < 1.29 is 13.9 Å². The molecule has 1 N–H and O–H groups in total. The van der Waals surface area contributed by atoms with Gasteiger partial charge in [0.05, 0.1) is 6.10 Å². The number of aliphatic hydroxyl groups is 1. The van der Waals surface area contributed by atoms with Crippen LogP contribution in [0.4, 0.5) is 8.78 Å². The summed E-state index contributed by atoms with van der Waals surface area (Å²) in [7, 11) is 0. The molecule has 1 aromatic rings. The quantitative estimate of drug-likeness (QED) is 0.767. The lowest BCUT2D eigenvalue weighted by molar-refractivity contribution is 0.170. The van der Waals surface area contributed by atoms with Crippen molar-refractivity contribution in [2.24, 2.45) is 0 Å². The van der Waals surface area contributed by atoms with Crippen LogP contribution in [0.2, 0.25) is 0 Å². The Balaban J connectivity index is 2.77. The molecule has 1 aromatic carbocycles. The Morgan fingerprint density at radius 1 is 1.23 bits per heavy atom. The normalized spacial score (nSPS) is 12.9. The Morgan fingerprint density at radius 3 is 2.23 bits per heavy atom. The van der Waals surface area contributed by atoms with E-state index >= 15 is 0 Å². The van der Waals surface area contributed by atoms with Crippen molar-refractivity contribution in [2.75, 3.05) is 0 Å². The zero-order chi connectivity index (χ0) is 9.84. The SMILES string of the molecule is CC[C@H](O)Cc1cc(F)cc(F)c1. The topological polar surface area (TPSA) is 20.2 Å². The van der Waals surface area contributed by atoms with Crippen molar-refractivity contribution in [1.82, 2.24) is 0 Å². The second kappa shape index (κ2) is 4.33. The molecule has 0 unspecified atom stereocenters. The highest BCUT2D eigenvalue weighted by molar-refractivity contribution is 5.18. The molecule has 0 saturated heterocycles. The molecule has 72 valence electrons. The van der Waals surface area contributed by atoms with Crippen molar-refractivity contribution in [3.05, 3.63) is 35.4 Å². The van der Waals surface area contributed by atoms with Crippen LogP contribution in [0.25, 0.3) is 0 Å². The van der Waals surface area contributed by atoms with Crippen molar-refractivity contribution >= 4 is 0 Å². The zero-order valence-corrected chi connectivity index (χ0v) is 7.43. The average molecular weight is 186 g/mol. The van der Waals surface area contributed by atoms with Gasteiger partial charge >= 0.3 is 0 Å². The van der Waals surface area contributed by atoms with E-state index in [1.54, 1.807) is 0 Å². The molecule has 0 aliphatic rings. The summed E-state index contributed by atoms with van der Waals surface area (Å²) in [6.07, 6.45) is 0.352. The van der Waals surface area contributed by atoms with Crippen molar-refractivity contribution in [1.29, 1.82) is 0 Å². The summed E-state index contributed by atoms with van der Waals surface area (Å²) in [5.41, 5.74) is 0.492. The maximum atomic E-state index is 12.7. The van der Waals surface area contributed by atoms with Crippen LogP contribution >= 0.6 is 0 Å². The van der Waals surface area contributed by atoms with Crippen molar-refractivity contribution in [3.8, 4) is 0 Å². The average Bonchev–Trinajstić information content (AvgIpc) is 2.02. The number of hydrogen-bond donors (Lipinski definition) is 1. The van der Waals surface area contributed by atoms with Gasteiger partial charge in [-0.25, -0.2) is 8.78 Å². The highest BCUT2D eigenvalue weighted by Gasteiger charge is 2.05. The summed E-state index contributed by atoms with van der Waals surface area (Å²) in [6.45, 7) is 1.82. The lowest BCUT2D eigenvalue weighted by atomic mass is 10.1.